The van der Waals surface area contributed by atoms with Crippen LogP contribution >= 0.6 is 0 Å². The van der Waals surface area contributed by atoms with Gasteiger partial charge in [-0.1, -0.05) is 18.6 Å². The molecule has 0 aromatic carbocycles. The van der Waals surface area contributed by atoms with Crippen molar-refractivity contribution < 1.29 is 0 Å². The lowest BCUT2D eigenvalue weighted by Crippen LogP contribution is -2.32. The molecule has 0 radical (unpaired) electrons. The molecular weight excluding hydrogens is 188 g/mol. The number of hydrogen-bond donors (Lipinski definition) is 1. The van der Waals surface area contributed by atoms with Crippen molar-refractivity contribution in [2.75, 3.05) is 6.54 Å². The molecule has 15 heavy (non-hydrogen) atoms. The van der Waals surface area contributed by atoms with Crippen molar-refractivity contribution >= 4 is 0 Å². The molecule has 4 heteroatoms. The van der Waals surface area contributed by atoms with E-state index in [9.17, 15) is 0 Å². The maximum Gasteiger partial charge on any atom is 0.0692 e. The van der Waals surface area contributed by atoms with Crippen LogP contribution in [0.25, 0.3) is 0 Å². The maximum atomic E-state index is 3.94. The lowest BCUT2D eigenvalue weighted by atomic mass is 10.1. The van der Waals surface area contributed by atoms with E-state index >= 15 is 0 Å². The van der Waals surface area contributed by atoms with Gasteiger partial charge in [-0.25, -0.2) is 0 Å². The molecule has 2 atom stereocenters. The average Bonchev–Trinajstić information content (AvgIpc) is 2.85. The van der Waals surface area contributed by atoms with Crippen molar-refractivity contribution in [1.82, 2.24) is 20.3 Å². The molecule has 0 bridgehead atoms. The highest BCUT2D eigenvalue weighted by Gasteiger charge is 2.21. The van der Waals surface area contributed by atoms with E-state index in [1.54, 1.807) is 6.20 Å². The molecule has 1 aliphatic rings. The molecule has 0 amide bonds. The Balaban J connectivity index is 1.59. The van der Waals surface area contributed by atoms with Crippen LogP contribution in [0.4, 0.5) is 0 Å². The first-order valence-corrected chi connectivity index (χ1v) is 5.94. The Morgan fingerprint density at radius 2 is 2.40 bits per heavy atom. The summed E-state index contributed by atoms with van der Waals surface area (Å²) in [6, 6.07) is 0.751. The molecule has 1 fully saturated rings. The van der Waals surface area contributed by atoms with E-state index in [1.807, 2.05) is 10.9 Å². The molecule has 1 aliphatic carbocycles. The molecular formula is C11H20N4. The number of nitrogens with zero attached hydrogens (tertiary/aromatic N) is 3. The molecule has 2 unspecified atom stereocenters. The summed E-state index contributed by atoms with van der Waals surface area (Å²) in [4.78, 5) is 0. The minimum Gasteiger partial charge on any atom is -0.314 e. The average molecular weight is 208 g/mol. The monoisotopic (exact) mass is 208 g/mol. The molecule has 4 nitrogen and oxygen atoms in total. The fourth-order valence-corrected chi connectivity index (χ4v) is 2.33. The summed E-state index contributed by atoms with van der Waals surface area (Å²) in [6.07, 6.45) is 8.91. The van der Waals surface area contributed by atoms with Crippen LogP contribution < -0.4 is 5.32 Å². The van der Waals surface area contributed by atoms with Gasteiger partial charge in [0.1, 0.15) is 0 Å². The summed E-state index contributed by atoms with van der Waals surface area (Å²) in [5.41, 5.74) is 0. The van der Waals surface area contributed by atoms with Gasteiger partial charge in [0.15, 0.2) is 0 Å². The zero-order valence-corrected chi connectivity index (χ0v) is 9.39. The number of aryl methyl sites for hydroxylation is 1. The quantitative estimate of drug-likeness (QED) is 0.745. The van der Waals surface area contributed by atoms with Gasteiger partial charge in [0.25, 0.3) is 0 Å². The van der Waals surface area contributed by atoms with E-state index in [2.05, 4.69) is 22.6 Å². The van der Waals surface area contributed by atoms with Crippen molar-refractivity contribution in [2.24, 2.45) is 5.92 Å². The summed E-state index contributed by atoms with van der Waals surface area (Å²) in [7, 11) is 0. The Hall–Kier alpha value is -0.900. The lowest BCUT2D eigenvalue weighted by Gasteiger charge is -2.16. The second-order valence-corrected chi connectivity index (χ2v) is 4.49. The zero-order valence-electron chi connectivity index (χ0n) is 9.39. The first kappa shape index (κ1) is 10.6. The molecule has 1 aromatic rings. The molecule has 1 aromatic heterocycles. The summed E-state index contributed by atoms with van der Waals surface area (Å²) >= 11 is 0. The largest absolute Gasteiger partial charge is 0.314 e. The minimum absolute atomic E-state index is 0.751. The summed E-state index contributed by atoms with van der Waals surface area (Å²) in [5, 5.41) is 11.4. The molecule has 0 aliphatic heterocycles. The van der Waals surface area contributed by atoms with Crippen molar-refractivity contribution in [3.05, 3.63) is 12.4 Å². The smallest absolute Gasteiger partial charge is 0.0692 e. The van der Waals surface area contributed by atoms with Crippen LogP contribution in [0.15, 0.2) is 12.4 Å². The Bertz CT molecular complexity index is 270. The summed E-state index contributed by atoms with van der Waals surface area (Å²) in [5.74, 6) is 0.858. The predicted molar refractivity (Wildman–Crippen MR) is 59.4 cm³/mol. The third-order valence-electron chi connectivity index (χ3n) is 3.30. The van der Waals surface area contributed by atoms with Crippen LogP contribution in [-0.2, 0) is 6.54 Å². The maximum absolute atomic E-state index is 3.94. The topological polar surface area (TPSA) is 42.7 Å². The third-order valence-corrected chi connectivity index (χ3v) is 3.30. The molecule has 0 saturated heterocycles. The van der Waals surface area contributed by atoms with Gasteiger partial charge in [0.2, 0.25) is 0 Å². The van der Waals surface area contributed by atoms with Crippen LogP contribution in [0.5, 0.6) is 0 Å². The highest BCUT2D eigenvalue weighted by Crippen LogP contribution is 2.24. The van der Waals surface area contributed by atoms with Gasteiger partial charge in [-0.3, -0.25) is 4.68 Å². The van der Waals surface area contributed by atoms with Gasteiger partial charge in [0.05, 0.1) is 6.20 Å². The summed E-state index contributed by atoms with van der Waals surface area (Å²) < 4.78 is 1.89. The molecule has 84 valence electrons. The molecule has 2 rings (SSSR count). The van der Waals surface area contributed by atoms with Crippen molar-refractivity contribution in [3.63, 3.8) is 0 Å². The van der Waals surface area contributed by atoms with Crippen LogP contribution in [0.3, 0.4) is 0 Å². The van der Waals surface area contributed by atoms with Gasteiger partial charge < -0.3 is 5.32 Å². The Kier molecular flexibility index (Phi) is 3.72. The highest BCUT2D eigenvalue weighted by molar-refractivity contribution is 4.79. The van der Waals surface area contributed by atoms with E-state index in [1.165, 1.54) is 19.3 Å². The second kappa shape index (κ2) is 5.26. The van der Waals surface area contributed by atoms with Crippen LogP contribution in [-0.4, -0.2) is 27.6 Å². The SMILES string of the molecule is CC1CCCC1NCCCn1ccnn1. The van der Waals surface area contributed by atoms with E-state index in [0.717, 1.165) is 31.5 Å². The predicted octanol–water partition coefficient (Wildman–Crippen LogP) is 1.45. The van der Waals surface area contributed by atoms with Crippen molar-refractivity contribution in [2.45, 2.75) is 45.2 Å². The molecule has 1 N–H and O–H groups in total. The van der Waals surface area contributed by atoms with Crippen LogP contribution in [0.1, 0.15) is 32.6 Å². The Morgan fingerprint density at radius 1 is 1.47 bits per heavy atom. The Labute approximate surface area is 91.1 Å². The fraction of sp³-hybridized carbons (Fsp3) is 0.818. The first-order valence-electron chi connectivity index (χ1n) is 5.94. The summed E-state index contributed by atoms with van der Waals surface area (Å²) in [6.45, 7) is 4.41. The van der Waals surface area contributed by atoms with Gasteiger partial charge in [-0.15, -0.1) is 5.10 Å². The lowest BCUT2D eigenvalue weighted by molar-refractivity contribution is 0.412. The minimum atomic E-state index is 0.751. The second-order valence-electron chi connectivity index (χ2n) is 4.49. The van der Waals surface area contributed by atoms with Gasteiger partial charge in [-0.05, 0) is 31.7 Å². The van der Waals surface area contributed by atoms with Crippen molar-refractivity contribution in [3.8, 4) is 0 Å². The molecule has 0 spiro atoms. The van der Waals surface area contributed by atoms with E-state index < -0.39 is 0 Å². The van der Waals surface area contributed by atoms with E-state index in [4.69, 9.17) is 0 Å². The number of aromatic nitrogens is 3. The van der Waals surface area contributed by atoms with Crippen LogP contribution in [0.2, 0.25) is 0 Å². The number of hydrogen-bond acceptors (Lipinski definition) is 3. The third kappa shape index (κ3) is 3.02. The van der Waals surface area contributed by atoms with Crippen molar-refractivity contribution in [1.29, 1.82) is 0 Å². The normalized spacial score (nSPS) is 25.9. The van der Waals surface area contributed by atoms with Gasteiger partial charge >= 0.3 is 0 Å². The van der Waals surface area contributed by atoms with Gasteiger partial charge in [-0.2, -0.15) is 0 Å². The first-order chi connectivity index (χ1) is 7.36. The van der Waals surface area contributed by atoms with E-state index in [-0.39, 0.29) is 0 Å². The zero-order chi connectivity index (χ0) is 10.5. The fourth-order valence-electron chi connectivity index (χ4n) is 2.33. The molecule has 1 saturated carbocycles. The highest BCUT2D eigenvalue weighted by atomic mass is 15.4. The Morgan fingerprint density at radius 3 is 3.07 bits per heavy atom. The molecule has 1 heterocycles. The van der Waals surface area contributed by atoms with E-state index in [0.29, 0.717) is 0 Å². The van der Waals surface area contributed by atoms with Crippen LogP contribution in [0, 0.1) is 5.92 Å². The van der Waals surface area contributed by atoms with Gasteiger partial charge in [0, 0.05) is 18.8 Å². The number of rotatable bonds is 5. The standard InChI is InChI=1S/C11H20N4/c1-10-4-2-5-11(10)12-6-3-8-15-9-7-13-14-15/h7,9-12H,2-6,8H2,1H3. The number of nitrogens with one attached hydrogen (secondary N) is 1.